The molecule has 1 aromatic rings. The van der Waals surface area contributed by atoms with Gasteiger partial charge in [-0.2, -0.15) is 11.2 Å². The Labute approximate surface area is 109 Å². The molecular formula is C7H8BIN2O2PS. The van der Waals surface area contributed by atoms with Crippen LogP contribution in [0.15, 0.2) is 24.4 Å². The summed E-state index contributed by atoms with van der Waals surface area (Å²) in [5.41, 5.74) is 0. The number of carbonyl (C=O) groups is 1. The molecule has 0 aromatic carbocycles. The first-order valence-electron chi connectivity index (χ1n) is 3.95. The molecule has 0 aliphatic carbocycles. The van der Waals surface area contributed by atoms with E-state index in [0.29, 0.717) is 5.88 Å². The maximum atomic E-state index is 11.6. The second-order valence-electron chi connectivity index (χ2n) is 2.45. The first kappa shape index (κ1) is 13.2. The number of hydrogen-bond donors (Lipinski definition) is 1. The van der Waals surface area contributed by atoms with Crippen LogP contribution >= 0.6 is 42.5 Å². The highest BCUT2D eigenvalue weighted by atomic mass is 127. The number of halogens is 1. The van der Waals surface area contributed by atoms with E-state index in [1.54, 1.807) is 31.0 Å². The third-order valence-electron chi connectivity index (χ3n) is 1.43. The van der Waals surface area contributed by atoms with Crippen LogP contribution in [0.2, 0.25) is 0 Å². The second-order valence-corrected chi connectivity index (χ2v) is 4.43. The molecule has 0 spiro atoms. The van der Waals surface area contributed by atoms with Crippen molar-refractivity contribution in [2.45, 2.75) is 5.94 Å². The van der Waals surface area contributed by atoms with E-state index in [-0.39, 0.29) is 5.97 Å². The van der Waals surface area contributed by atoms with E-state index in [9.17, 15) is 4.79 Å². The monoisotopic (exact) mass is 353 g/mol. The normalized spacial score (nSPS) is 11.9. The van der Waals surface area contributed by atoms with E-state index in [2.05, 4.69) is 17.0 Å². The van der Waals surface area contributed by atoms with Crippen molar-refractivity contribution in [1.82, 2.24) is 8.51 Å². The molecule has 0 saturated heterocycles. The molecule has 1 aromatic heterocycles. The first-order chi connectivity index (χ1) is 7.27. The molecule has 4 nitrogen and oxygen atoms in total. The molecule has 0 fully saturated rings. The maximum Gasteiger partial charge on any atom is 0.323 e. The standard InChI is InChI=1S/C7H8BIN2O2PS/c9-11-6(8-15-14)7(12)13-5-3-1-2-4-10-5/h1-4,6,11H,14H2. The molecule has 1 heterocycles. The molecule has 8 heteroatoms. The highest BCUT2D eigenvalue weighted by molar-refractivity contribution is 14.1. The van der Waals surface area contributed by atoms with Crippen molar-refractivity contribution in [3.63, 3.8) is 0 Å². The lowest BCUT2D eigenvalue weighted by Crippen LogP contribution is -2.38. The Hall–Kier alpha value is 0.155. The number of nitrogens with zero attached hydrogens (tertiary/aromatic N) is 1. The molecule has 79 valence electrons. The highest BCUT2D eigenvalue weighted by Crippen LogP contribution is 2.11. The van der Waals surface area contributed by atoms with Crippen molar-refractivity contribution in [1.29, 1.82) is 0 Å². The molecule has 0 amide bonds. The minimum absolute atomic E-state index is 0.307. The Morgan fingerprint density at radius 2 is 2.53 bits per heavy atom. The topological polar surface area (TPSA) is 51.2 Å². The van der Waals surface area contributed by atoms with Crippen LogP contribution in [0.1, 0.15) is 0 Å². The van der Waals surface area contributed by atoms with E-state index in [1.807, 2.05) is 22.9 Å². The lowest BCUT2D eigenvalue weighted by molar-refractivity contribution is -0.134. The fraction of sp³-hybridized carbons (Fsp3) is 0.143. The van der Waals surface area contributed by atoms with Crippen LogP contribution in [-0.2, 0) is 4.79 Å². The molecule has 1 rings (SSSR count). The van der Waals surface area contributed by atoms with Gasteiger partial charge in [-0.05, 0) is 6.07 Å². The van der Waals surface area contributed by atoms with Gasteiger partial charge in [0.1, 0.15) is 0 Å². The van der Waals surface area contributed by atoms with Crippen LogP contribution in [0.5, 0.6) is 5.88 Å². The number of pyridine rings is 1. The van der Waals surface area contributed by atoms with Crippen molar-refractivity contribution in [3.8, 4) is 5.88 Å². The molecule has 2 unspecified atom stereocenters. The molecule has 15 heavy (non-hydrogen) atoms. The Bertz CT molecular complexity index is 319. The largest absolute Gasteiger partial charge is 0.407 e. The number of ether oxygens (including phenoxy) is 1. The van der Waals surface area contributed by atoms with E-state index in [4.69, 9.17) is 4.74 Å². The van der Waals surface area contributed by atoms with Gasteiger partial charge >= 0.3 is 5.97 Å². The van der Waals surface area contributed by atoms with Gasteiger partial charge in [-0.15, -0.1) is 0 Å². The number of aromatic nitrogens is 1. The van der Waals surface area contributed by atoms with Crippen LogP contribution in [0.4, 0.5) is 0 Å². The van der Waals surface area contributed by atoms with Gasteiger partial charge in [-0.25, -0.2) is 4.98 Å². The van der Waals surface area contributed by atoms with Gasteiger partial charge in [0, 0.05) is 35.1 Å². The number of rotatable bonds is 5. The van der Waals surface area contributed by atoms with Crippen LogP contribution < -0.4 is 8.27 Å². The Morgan fingerprint density at radius 1 is 1.73 bits per heavy atom. The molecular weight excluding hydrogens is 345 g/mol. The summed E-state index contributed by atoms with van der Waals surface area (Å²) in [7, 11) is 2.44. The third kappa shape index (κ3) is 4.67. The minimum atomic E-state index is -0.449. The second kappa shape index (κ2) is 7.43. The third-order valence-corrected chi connectivity index (χ3v) is 3.00. The van der Waals surface area contributed by atoms with Crippen LogP contribution in [-0.4, -0.2) is 23.5 Å². The zero-order valence-corrected chi connectivity index (χ0v) is 11.7. The fourth-order valence-electron chi connectivity index (χ4n) is 0.778. The number of nitrogens with one attached hydrogen (secondary N) is 1. The summed E-state index contributed by atoms with van der Waals surface area (Å²) in [4.78, 5) is 15.4. The lowest BCUT2D eigenvalue weighted by Gasteiger charge is -2.10. The zero-order chi connectivity index (χ0) is 11.1. The van der Waals surface area contributed by atoms with Gasteiger partial charge < -0.3 is 4.74 Å². The summed E-state index contributed by atoms with van der Waals surface area (Å²) >= 11 is 3.28. The Balaban J connectivity index is 2.54. The Kier molecular flexibility index (Phi) is 6.55. The summed E-state index contributed by atoms with van der Waals surface area (Å²) in [6.45, 7) is 1.72. The van der Waals surface area contributed by atoms with E-state index >= 15 is 0 Å². The van der Waals surface area contributed by atoms with E-state index in [0.717, 1.165) is 0 Å². The minimum Gasteiger partial charge on any atom is -0.407 e. The Morgan fingerprint density at radius 3 is 3.07 bits per heavy atom. The van der Waals surface area contributed by atoms with Crippen LogP contribution in [0, 0.1) is 0 Å². The predicted octanol–water partition coefficient (Wildman–Crippen LogP) is 1.40. The maximum absolute atomic E-state index is 11.6. The van der Waals surface area contributed by atoms with Crippen molar-refractivity contribution < 1.29 is 9.53 Å². The van der Waals surface area contributed by atoms with Gasteiger partial charge in [-0.1, -0.05) is 14.5 Å². The van der Waals surface area contributed by atoms with Gasteiger partial charge in [-0.3, -0.25) is 8.32 Å². The quantitative estimate of drug-likeness (QED) is 0.285. The van der Waals surface area contributed by atoms with Crippen LogP contribution in [0.3, 0.4) is 0 Å². The SMILES string of the molecule is O=C(Oc1ccccn1)C([B]SP)NI. The first-order valence-corrected chi connectivity index (χ1v) is 7.39. The number of carbonyl (C=O) groups excluding carboxylic acids is 1. The number of esters is 1. The zero-order valence-electron chi connectivity index (χ0n) is 7.59. The fourth-order valence-corrected chi connectivity index (χ4v) is 2.26. The summed E-state index contributed by atoms with van der Waals surface area (Å²) in [6.07, 6.45) is 1.57. The molecule has 0 bridgehead atoms. The van der Waals surface area contributed by atoms with Crippen LogP contribution in [0.25, 0.3) is 0 Å². The smallest absolute Gasteiger partial charge is 0.323 e. The van der Waals surface area contributed by atoms with E-state index in [1.165, 1.54) is 11.2 Å². The molecule has 0 aliphatic rings. The van der Waals surface area contributed by atoms with Crippen molar-refractivity contribution in [3.05, 3.63) is 24.4 Å². The average molecular weight is 353 g/mol. The summed E-state index contributed by atoms with van der Waals surface area (Å²) in [6, 6.07) is 5.16. The average Bonchev–Trinajstić information content (AvgIpc) is 2.27. The van der Waals surface area contributed by atoms with Gasteiger partial charge in [0.05, 0.1) is 5.94 Å². The molecule has 0 aliphatic heterocycles. The highest BCUT2D eigenvalue weighted by Gasteiger charge is 2.20. The number of hydrogen-bond acceptors (Lipinski definition) is 5. The van der Waals surface area contributed by atoms with Gasteiger partial charge in [0.15, 0.2) is 0 Å². The lowest BCUT2D eigenvalue weighted by atomic mass is 9.96. The molecule has 2 atom stereocenters. The summed E-state index contributed by atoms with van der Waals surface area (Å²) < 4.78 is 7.85. The van der Waals surface area contributed by atoms with Crippen molar-refractivity contribution in [2.75, 3.05) is 0 Å². The summed E-state index contributed by atoms with van der Waals surface area (Å²) in [5, 5.41) is 0. The molecule has 1 N–H and O–H groups in total. The van der Waals surface area contributed by atoms with Gasteiger partial charge in [0.2, 0.25) is 12.4 Å². The van der Waals surface area contributed by atoms with Crippen molar-refractivity contribution >= 4 is 55.1 Å². The van der Waals surface area contributed by atoms with E-state index < -0.39 is 5.94 Å². The predicted molar refractivity (Wildman–Crippen MR) is 73.9 cm³/mol. The van der Waals surface area contributed by atoms with Crippen molar-refractivity contribution in [2.24, 2.45) is 0 Å². The summed E-state index contributed by atoms with van der Waals surface area (Å²) in [5.74, 6) is -0.519. The van der Waals surface area contributed by atoms with Gasteiger partial charge in [0.25, 0.3) is 0 Å². The molecule has 0 saturated carbocycles. The molecule has 1 radical (unpaired) electrons.